The van der Waals surface area contributed by atoms with E-state index in [0.29, 0.717) is 18.8 Å². The topological polar surface area (TPSA) is 130 Å². The number of nitrogens with one attached hydrogen (secondary N) is 1. The number of rotatable bonds is 8. The van der Waals surface area contributed by atoms with E-state index in [1.165, 1.54) is 0 Å². The van der Waals surface area contributed by atoms with Crippen molar-refractivity contribution in [2.45, 2.75) is 110 Å². The zero-order chi connectivity index (χ0) is 25.5. The highest BCUT2D eigenvalue weighted by molar-refractivity contribution is 5.85. The molecule has 10 heteroatoms. The number of esters is 1. The second-order valence-corrected chi connectivity index (χ2v) is 11.0. The van der Waals surface area contributed by atoms with Crippen LogP contribution in [0.15, 0.2) is 0 Å². The lowest BCUT2D eigenvalue weighted by Crippen LogP contribution is -2.70. The Labute approximate surface area is 206 Å². The lowest BCUT2D eigenvalue weighted by molar-refractivity contribution is -0.576. The summed E-state index contributed by atoms with van der Waals surface area (Å²) in [4.78, 5) is 48.3. The van der Waals surface area contributed by atoms with Crippen molar-refractivity contribution in [1.29, 1.82) is 0 Å². The Kier molecular flexibility index (Phi) is 7.48. The van der Waals surface area contributed by atoms with Crippen molar-refractivity contribution in [3.63, 3.8) is 0 Å². The van der Waals surface area contributed by atoms with Gasteiger partial charge in [0.05, 0.1) is 6.42 Å². The predicted molar refractivity (Wildman–Crippen MR) is 121 cm³/mol. The number of carboxylic acid groups (broad SMARTS) is 1. The minimum absolute atomic E-state index is 0.0260. The first-order valence-electron chi connectivity index (χ1n) is 12.9. The smallest absolute Gasteiger partial charge is 0.326 e. The summed E-state index contributed by atoms with van der Waals surface area (Å²) in [5.41, 5.74) is -0.738. The Morgan fingerprint density at radius 1 is 1.11 bits per heavy atom. The fourth-order valence-electron chi connectivity index (χ4n) is 6.34. The summed E-state index contributed by atoms with van der Waals surface area (Å²) in [6.45, 7) is 9.67. The second kappa shape index (κ2) is 9.95. The molecule has 0 radical (unpaired) electrons. The Bertz CT molecular complexity index is 836. The predicted octanol–water partition coefficient (Wildman–Crippen LogP) is 3.13. The maximum Gasteiger partial charge on any atom is 0.326 e. The molecular formula is C25H39NO9. The SMILES string of the molecule is CC[C@H](C)[C@@H](NC(=O)CCC(=O)O[C@@H]1O[C@@H]2O[C@@]3(C)CC[C@H]4[C@H](C)CC[C@@H]([C@H]1C)[C@@]24OO3)C(=O)O. The van der Waals surface area contributed by atoms with Crippen molar-refractivity contribution in [1.82, 2.24) is 5.32 Å². The van der Waals surface area contributed by atoms with Crippen molar-refractivity contribution in [2.24, 2.45) is 29.6 Å². The third-order valence-corrected chi connectivity index (χ3v) is 8.70. The van der Waals surface area contributed by atoms with E-state index in [2.05, 4.69) is 12.2 Å². The molecule has 4 saturated heterocycles. The highest BCUT2D eigenvalue weighted by Gasteiger charge is 2.69. The summed E-state index contributed by atoms with van der Waals surface area (Å²) in [5, 5.41) is 11.9. The molecule has 35 heavy (non-hydrogen) atoms. The minimum atomic E-state index is -1.09. The number of carbonyl (C=O) groups is 3. The number of aliphatic carboxylic acids is 1. The van der Waals surface area contributed by atoms with Crippen LogP contribution in [0.25, 0.3) is 0 Å². The van der Waals surface area contributed by atoms with E-state index in [1.54, 1.807) is 6.92 Å². The third kappa shape index (κ3) is 4.82. The van der Waals surface area contributed by atoms with Gasteiger partial charge in [-0.15, -0.1) is 0 Å². The van der Waals surface area contributed by atoms with Gasteiger partial charge in [0.15, 0.2) is 11.9 Å². The molecule has 2 bridgehead atoms. The molecule has 4 aliphatic heterocycles. The third-order valence-electron chi connectivity index (χ3n) is 8.70. The molecule has 2 N–H and O–H groups in total. The highest BCUT2D eigenvalue weighted by Crippen LogP contribution is 2.60. The molecule has 5 aliphatic rings. The molecule has 1 amide bonds. The molecule has 4 heterocycles. The molecule has 5 rings (SSSR count). The number of ether oxygens (including phenoxy) is 3. The second-order valence-electron chi connectivity index (χ2n) is 11.0. The fourth-order valence-corrected chi connectivity index (χ4v) is 6.34. The molecular weight excluding hydrogens is 458 g/mol. The van der Waals surface area contributed by atoms with E-state index in [0.717, 1.165) is 19.3 Å². The molecule has 0 aromatic carbocycles. The number of carbonyl (C=O) groups excluding carboxylic acids is 2. The molecule has 10 atom stereocenters. The summed E-state index contributed by atoms with van der Waals surface area (Å²) in [6.07, 6.45) is 2.23. The Hall–Kier alpha value is -1.75. The van der Waals surface area contributed by atoms with Crippen LogP contribution in [0.1, 0.15) is 79.6 Å². The van der Waals surface area contributed by atoms with Gasteiger partial charge in [0, 0.05) is 24.7 Å². The average molecular weight is 498 g/mol. The van der Waals surface area contributed by atoms with Crippen LogP contribution in [-0.2, 0) is 38.4 Å². The summed E-state index contributed by atoms with van der Waals surface area (Å²) in [5.74, 6) is -2.80. The van der Waals surface area contributed by atoms with Gasteiger partial charge in [-0.05, 0) is 43.9 Å². The van der Waals surface area contributed by atoms with Gasteiger partial charge in [-0.3, -0.25) is 9.59 Å². The zero-order valence-corrected chi connectivity index (χ0v) is 21.3. The maximum absolute atomic E-state index is 12.7. The maximum atomic E-state index is 12.7. The first-order valence-corrected chi connectivity index (χ1v) is 12.9. The number of hydrogen-bond donors (Lipinski definition) is 2. The van der Waals surface area contributed by atoms with Gasteiger partial charge in [-0.2, -0.15) is 0 Å². The Morgan fingerprint density at radius 3 is 2.54 bits per heavy atom. The number of carboxylic acids is 1. The van der Waals surface area contributed by atoms with Crippen LogP contribution in [0.2, 0.25) is 0 Å². The molecule has 1 spiro atoms. The summed E-state index contributed by atoms with van der Waals surface area (Å²) < 4.78 is 18.2. The fraction of sp³-hybridized carbons (Fsp3) is 0.880. The van der Waals surface area contributed by atoms with Crippen molar-refractivity contribution in [3.8, 4) is 0 Å². The normalized spacial score (nSPS) is 41.7. The van der Waals surface area contributed by atoms with E-state index in [9.17, 15) is 19.5 Å². The van der Waals surface area contributed by atoms with Gasteiger partial charge in [0.1, 0.15) is 6.04 Å². The van der Waals surface area contributed by atoms with Crippen molar-refractivity contribution >= 4 is 17.8 Å². The standard InChI is InChI=1S/C25H39NO9/c1-6-13(2)20(21(29)30)26-18(27)9-10-19(28)31-22-15(4)17-8-7-14(3)16-11-12-24(5)33-23(32-22)25(16,17)35-34-24/h13-17,20,22-23H,6-12H2,1-5H3,(H,26,27)(H,29,30)/t13-,14+,15+,16-,17-,20+,22+,23+,24+,25+/m0/s1. The van der Waals surface area contributed by atoms with E-state index in [4.69, 9.17) is 24.0 Å². The quantitative estimate of drug-likeness (QED) is 0.384. The van der Waals surface area contributed by atoms with E-state index in [-0.39, 0.29) is 36.5 Å². The lowest BCUT2D eigenvalue weighted by Gasteiger charge is -2.59. The monoisotopic (exact) mass is 497 g/mol. The summed E-state index contributed by atoms with van der Waals surface area (Å²) in [7, 11) is 0. The molecule has 1 aliphatic carbocycles. The van der Waals surface area contributed by atoms with Gasteiger partial charge in [0.25, 0.3) is 0 Å². The number of fused-ring (bicyclic) bond motifs is 2. The van der Waals surface area contributed by atoms with Gasteiger partial charge in [-0.1, -0.05) is 34.1 Å². The van der Waals surface area contributed by atoms with Crippen LogP contribution < -0.4 is 5.32 Å². The molecule has 0 unspecified atom stereocenters. The first kappa shape index (κ1) is 26.3. The zero-order valence-electron chi connectivity index (χ0n) is 21.3. The van der Waals surface area contributed by atoms with Gasteiger partial charge in [0.2, 0.25) is 18.0 Å². The van der Waals surface area contributed by atoms with Crippen LogP contribution in [0.4, 0.5) is 0 Å². The van der Waals surface area contributed by atoms with Gasteiger partial charge in [-0.25, -0.2) is 14.6 Å². The van der Waals surface area contributed by atoms with Crippen molar-refractivity contribution in [2.75, 3.05) is 0 Å². The average Bonchev–Trinajstić information content (AvgIpc) is 3.04. The molecule has 0 aromatic heterocycles. The van der Waals surface area contributed by atoms with E-state index in [1.807, 2.05) is 20.8 Å². The minimum Gasteiger partial charge on any atom is -0.480 e. The van der Waals surface area contributed by atoms with Crippen molar-refractivity contribution in [3.05, 3.63) is 0 Å². The molecule has 5 fully saturated rings. The lowest BCUT2D eigenvalue weighted by atomic mass is 9.58. The molecule has 1 saturated carbocycles. The van der Waals surface area contributed by atoms with Gasteiger partial charge >= 0.3 is 11.9 Å². The van der Waals surface area contributed by atoms with Crippen LogP contribution >= 0.6 is 0 Å². The van der Waals surface area contributed by atoms with Crippen LogP contribution in [0.5, 0.6) is 0 Å². The van der Waals surface area contributed by atoms with Gasteiger partial charge < -0.3 is 24.6 Å². The Morgan fingerprint density at radius 2 is 1.86 bits per heavy atom. The Balaban J connectivity index is 1.39. The summed E-state index contributed by atoms with van der Waals surface area (Å²) in [6, 6.07) is -0.991. The van der Waals surface area contributed by atoms with Crippen LogP contribution in [-0.4, -0.2) is 53.0 Å². The first-order chi connectivity index (χ1) is 16.5. The molecule has 198 valence electrons. The van der Waals surface area contributed by atoms with Crippen LogP contribution in [0.3, 0.4) is 0 Å². The summed E-state index contributed by atoms with van der Waals surface area (Å²) >= 11 is 0. The molecule has 10 nitrogen and oxygen atoms in total. The van der Waals surface area contributed by atoms with E-state index >= 15 is 0 Å². The van der Waals surface area contributed by atoms with Crippen molar-refractivity contribution < 1.29 is 43.5 Å². The molecule has 0 aromatic rings. The van der Waals surface area contributed by atoms with E-state index < -0.39 is 47.9 Å². The number of hydrogen-bond acceptors (Lipinski definition) is 8. The number of amides is 1. The largest absolute Gasteiger partial charge is 0.480 e. The van der Waals surface area contributed by atoms with Crippen LogP contribution in [0, 0.1) is 29.6 Å². The highest BCUT2D eigenvalue weighted by atomic mass is 17.3.